The Balaban J connectivity index is 1.38. The first-order valence-electron chi connectivity index (χ1n) is 10.5. The Bertz CT molecular complexity index is 1040. The highest BCUT2D eigenvalue weighted by atomic mass is 16.3. The van der Waals surface area contributed by atoms with E-state index in [1.165, 1.54) is 0 Å². The standard InChI is InChI=1S/C24H27N3O2/c1-2-27(22(29)21-14-18-8-3-4-10-20(18)26-21)24-12-6-11-23(24,16-24)25-15-17-7-5-9-19(28)13-17/h3-5,7-10,13-14,25-26,28H,2,6,11-12,15-16H2,1H3/t23-,24-/m0/s1. The maximum Gasteiger partial charge on any atom is 0.270 e. The molecule has 0 bridgehead atoms. The summed E-state index contributed by atoms with van der Waals surface area (Å²) in [6, 6.07) is 17.4. The summed E-state index contributed by atoms with van der Waals surface area (Å²) in [6.45, 7) is 3.48. The number of aromatic hydroxyl groups is 1. The second-order valence-corrected chi connectivity index (χ2v) is 8.49. The van der Waals surface area contributed by atoms with Crippen LogP contribution >= 0.6 is 0 Å². The van der Waals surface area contributed by atoms with E-state index in [-0.39, 0.29) is 17.0 Å². The van der Waals surface area contributed by atoms with Crippen molar-refractivity contribution in [3.8, 4) is 5.75 Å². The van der Waals surface area contributed by atoms with Gasteiger partial charge in [-0.3, -0.25) is 4.79 Å². The van der Waals surface area contributed by atoms with Crippen LogP contribution in [0.3, 0.4) is 0 Å². The zero-order valence-electron chi connectivity index (χ0n) is 16.7. The van der Waals surface area contributed by atoms with Crippen LogP contribution in [0.1, 0.15) is 48.7 Å². The molecule has 5 nitrogen and oxygen atoms in total. The highest BCUT2D eigenvalue weighted by Gasteiger charge is 2.73. The Hall–Kier alpha value is -2.79. The van der Waals surface area contributed by atoms with Gasteiger partial charge in [0.1, 0.15) is 11.4 Å². The lowest BCUT2D eigenvalue weighted by molar-refractivity contribution is 0.0631. The van der Waals surface area contributed by atoms with Crippen molar-refractivity contribution in [1.82, 2.24) is 15.2 Å². The maximum atomic E-state index is 13.5. The third-order valence-corrected chi connectivity index (χ3v) is 6.93. The second-order valence-electron chi connectivity index (χ2n) is 8.49. The average molecular weight is 389 g/mol. The SMILES string of the molecule is CCN(C(=O)c1cc2ccccc2[nH]1)[C@]12CCC[C@]1(NCc1cccc(O)c1)C2. The summed E-state index contributed by atoms with van der Waals surface area (Å²) in [5.41, 5.74) is 2.61. The first-order valence-corrected chi connectivity index (χ1v) is 10.5. The van der Waals surface area contributed by atoms with Crippen molar-refractivity contribution in [2.75, 3.05) is 6.54 Å². The molecule has 1 aromatic heterocycles. The van der Waals surface area contributed by atoms with Crippen LogP contribution in [-0.4, -0.2) is 38.5 Å². The van der Waals surface area contributed by atoms with Gasteiger partial charge in [0, 0.05) is 29.5 Å². The van der Waals surface area contributed by atoms with Crippen LogP contribution in [0.2, 0.25) is 0 Å². The van der Waals surface area contributed by atoms with E-state index in [9.17, 15) is 9.90 Å². The number of aromatic nitrogens is 1. The molecule has 1 heterocycles. The molecule has 0 radical (unpaired) electrons. The van der Waals surface area contributed by atoms with Gasteiger partial charge in [0.15, 0.2) is 0 Å². The molecule has 2 saturated carbocycles. The molecule has 0 saturated heterocycles. The highest BCUT2D eigenvalue weighted by Crippen LogP contribution is 2.63. The van der Waals surface area contributed by atoms with Crippen molar-refractivity contribution >= 4 is 16.8 Å². The Kier molecular flexibility index (Phi) is 4.17. The minimum absolute atomic E-state index is 0.0177. The fraction of sp³-hybridized carbons (Fsp3) is 0.375. The van der Waals surface area contributed by atoms with Crippen LogP contribution in [0, 0.1) is 0 Å². The molecule has 150 valence electrons. The molecule has 29 heavy (non-hydrogen) atoms. The number of amides is 1. The molecule has 2 atom stereocenters. The number of carbonyl (C=O) groups excluding carboxylic acids is 1. The number of H-pyrrole nitrogens is 1. The van der Waals surface area contributed by atoms with Crippen LogP contribution < -0.4 is 5.32 Å². The average Bonchev–Trinajstić information content (AvgIpc) is 3.03. The molecule has 2 aliphatic carbocycles. The Morgan fingerprint density at radius 1 is 1.17 bits per heavy atom. The number of fused-ring (bicyclic) bond motifs is 2. The van der Waals surface area contributed by atoms with E-state index in [0.717, 1.165) is 42.1 Å². The van der Waals surface area contributed by atoms with Crippen LogP contribution in [-0.2, 0) is 6.54 Å². The van der Waals surface area contributed by atoms with Gasteiger partial charge in [-0.05, 0) is 62.4 Å². The number of phenols is 1. The molecule has 3 aromatic rings. The van der Waals surface area contributed by atoms with Gasteiger partial charge in [-0.15, -0.1) is 0 Å². The van der Waals surface area contributed by atoms with E-state index >= 15 is 0 Å². The summed E-state index contributed by atoms with van der Waals surface area (Å²) in [7, 11) is 0. The Morgan fingerprint density at radius 2 is 2.03 bits per heavy atom. The number of hydrogen-bond acceptors (Lipinski definition) is 3. The van der Waals surface area contributed by atoms with Gasteiger partial charge in [0.05, 0.1) is 5.54 Å². The molecular formula is C24H27N3O2. The molecule has 2 aliphatic rings. The number of carbonyl (C=O) groups is 1. The van der Waals surface area contributed by atoms with Gasteiger partial charge in [-0.1, -0.05) is 30.3 Å². The topological polar surface area (TPSA) is 68.4 Å². The molecule has 2 aromatic carbocycles. The van der Waals surface area contributed by atoms with Gasteiger partial charge in [0.2, 0.25) is 0 Å². The number of aromatic amines is 1. The van der Waals surface area contributed by atoms with Crippen molar-refractivity contribution in [1.29, 1.82) is 0 Å². The number of likely N-dealkylation sites (N-methyl/N-ethyl adjacent to an activating group) is 1. The Morgan fingerprint density at radius 3 is 2.83 bits per heavy atom. The first-order chi connectivity index (χ1) is 14.1. The van der Waals surface area contributed by atoms with Gasteiger partial charge in [-0.25, -0.2) is 0 Å². The first kappa shape index (κ1) is 18.3. The van der Waals surface area contributed by atoms with Crippen molar-refractivity contribution in [2.45, 2.75) is 50.2 Å². The summed E-state index contributed by atoms with van der Waals surface area (Å²) in [5.74, 6) is 0.381. The zero-order valence-corrected chi connectivity index (χ0v) is 16.7. The number of rotatable bonds is 6. The minimum Gasteiger partial charge on any atom is -0.508 e. The molecule has 2 fully saturated rings. The second kappa shape index (κ2) is 6.63. The van der Waals surface area contributed by atoms with Crippen molar-refractivity contribution < 1.29 is 9.90 Å². The van der Waals surface area contributed by atoms with Crippen molar-refractivity contribution in [2.24, 2.45) is 0 Å². The molecule has 0 unspecified atom stereocenters. The summed E-state index contributed by atoms with van der Waals surface area (Å²) in [5, 5.41) is 14.5. The van der Waals surface area contributed by atoms with Gasteiger partial charge >= 0.3 is 0 Å². The molecule has 0 aliphatic heterocycles. The fourth-order valence-corrected chi connectivity index (χ4v) is 5.50. The Labute approximate surface area is 170 Å². The normalized spacial score (nSPS) is 25.1. The molecular weight excluding hydrogens is 362 g/mol. The van der Waals surface area contributed by atoms with Gasteiger partial charge in [-0.2, -0.15) is 0 Å². The predicted molar refractivity (Wildman–Crippen MR) is 114 cm³/mol. The van der Waals surface area contributed by atoms with Crippen LogP contribution in [0.4, 0.5) is 0 Å². The quantitative estimate of drug-likeness (QED) is 0.592. The van der Waals surface area contributed by atoms with Gasteiger partial charge in [0.25, 0.3) is 5.91 Å². The highest BCUT2D eigenvalue weighted by molar-refractivity contribution is 5.98. The number of benzene rings is 2. The summed E-state index contributed by atoms with van der Waals surface area (Å²) < 4.78 is 0. The molecule has 1 amide bonds. The molecule has 5 rings (SSSR count). The monoisotopic (exact) mass is 389 g/mol. The number of hydrogen-bond donors (Lipinski definition) is 3. The predicted octanol–water partition coefficient (Wildman–Crippen LogP) is 4.19. The molecule has 0 spiro atoms. The minimum atomic E-state index is -0.104. The third kappa shape index (κ3) is 2.84. The van der Waals surface area contributed by atoms with E-state index in [1.807, 2.05) is 42.5 Å². The largest absolute Gasteiger partial charge is 0.508 e. The summed E-state index contributed by atoms with van der Waals surface area (Å²) >= 11 is 0. The maximum absolute atomic E-state index is 13.5. The fourth-order valence-electron chi connectivity index (χ4n) is 5.50. The lowest BCUT2D eigenvalue weighted by Crippen LogP contribution is -2.49. The van der Waals surface area contributed by atoms with E-state index in [4.69, 9.17) is 0 Å². The summed E-state index contributed by atoms with van der Waals surface area (Å²) in [6.07, 6.45) is 4.25. The van der Waals surface area contributed by atoms with E-state index < -0.39 is 0 Å². The number of nitrogens with zero attached hydrogens (tertiary/aromatic N) is 1. The zero-order chi connectivity index (χ0) is 20.1. The van der Waals surface area contributed by atoms with E-state index in [1.54, 1.807) is 12.1 Å². The van der Waals surface area contributed by atoms with Gasteiger partial charge < -0.3 is 20.3 Å². The van der Waals surface area contributed by atoms with Crippen molar-refractivity contribution in [3.05, 3.63) is 65.9 Å². The number of para-hydroxylation sites is 1. The van der Waals surface area contributed by atoms with E-state index in [2.05, 4.69) is 22.1 Å². The van der Waals surface area contributed by atoms with Crippen molar-refractivity contribution in [3.63, 3.8) is 0 Å². The summed E-state index contributed by atoms with van der Waals surface area (Å²) in [4.78, 5) is 18.8. The van der Waals surface area contributed by atoms with E-state index in [0.29, 0.717) is 24.5 Å². The van der Waals surface area contributed by atoms with Crippen LogP contribution in [0.15, 0.2) is 54.6 Å². The van der Waals surface area contributed by atoms with Crippen LogP contribution in [0.25, 0.3) is 10.9 Å². The molecule has 5 heteroatoms. The number of nitrogens with one attached hydrogen (secondary N) is 2. The number of phenolic OH excluding ortho intramolecular Hbond substituents is 1. The lowest BCUT2D eigenvalue weighted by Gasteiger charge is -2.32. The molecule has 3 N–H and O–H groups in total. The lowest BCUT2D eigenvalue weighted by atomic mass is 10.1. The third-order valence-electron chi connectivity index (χ3n) is 6.93. The van der Waals surface area contributed by atoms with Crippen LogP contribution in [0.5, 0.6) is 5.75 Å². The smallest absolute Gasteiger partial charge is 0.270 e.